The second kappa shape index (κ2) is 8.25. The van der Waals surface area contributed by atoms with Gasteiger partial charge in [-0.1, -0.05) is 12.1 Å². The molecule has 1 aromatic carbocycles. The van der Waals surface area contributed by atoms with Gasteiger partial charge >= 0.3 is 0 Å². The van der Waals surface area contributed by atoms with Crippen LogP contribution in [0.2, 0.25) is 0 Å². The molecule has 1 aliphatic heterocycles. The van der Waals surface area contributed by atoms with Crippen molar-refractivity contribution >= 4 is 41.7 Å². The summed E-state index contributed by atoms with van der Waals surface area (Å²) < 4.78 is 13.4. The quantitative estimate of drug-likeness (QED) is 0.395. The first kappa shape index (κ1) is 19.8. The van der Waals surface area contributed by atoms with Gasteiger partial charge in [0.15, 0.2) is 5.96 Å². The lowest BCUT2D eigenvalue weighted by Crippen LogP contribution is -2.45. The first-order chi connectivity index (χ1) is 11.1. The number of thioether (sulfide) groups is 1. The van der Waals surface area contributed by atoms with Gasteiger partial charge in [-0.15, -0.1) is 24.0 Å². The average molecular weight is 463 g/mol. The van der Waals surface area contributed by atoms with Crippen molar-refractivity contribution < 1.29 is 4.39 Å². The molecule has 134 valence electrons. The lowest BCUT2D eigenvalue weighted by Gasteiger charge is -2.25. The summed E-state index contributed by atoms with van der Waals surface area (Å²) in [6.45, 7) is 4.12. The first-order valence-electron chi connectivity index (χ1n) is 8.40. The molecule has 2 fully saturated rings. The summed E-state index contributed by atoms with van der Waals surface area (Å²) in [4.78, 5) is 4.34. The molecule has 6 heteroatoms. The lowest BCUT2D eigenvalue weighted by molar-refractivity contribution is 0.577. The Morgan fingerprint density at radius 2 is 1.83 bits per heavy atom. The van der Waals surface area contributed by atoms with Crippen LogP contribution in [-0.2, 0) is 5.41 Å². The van der Waals surface area contributed by atoms with E-state index in [1.165, 1.54) is 24.2 Å². The second-order valence-electron chi connectivity index (χ2n) is 6.97. The van der Waals surface area contributed by atoms with Gasteiger partial charge in [-0.3, -0.25) is 4.99 Å². The Morgan fingerprint density at radius 3 is 2.38 bits per heavy atom. The molecule has 2 aliphatic rings. The molecule has 1 atom stereocenters. The molecular weight excluding hydrogens is 436 g/mol. The number of rotatable bonds is 5. The van der Waals surface area contributed by atoms with Crippen LogP contribution in [-0.4, -0.2) is 36.6 Å². The molecule has 1 unspecified atom stereocenters. The molecule has 0 spiro atoms. The number of benzene rings is 1. The molecule has 24 heavy (non-hydrogen) atoms. The van der Waals surface area contributed by atoms with E-state index in [0.717, 1.165) is 31.9 Å². The highest BCUT2D eigenvalue weighted by Gasteiger charge is 2.44. The van der Waals surface area contributed by atoms with Gasteiger partial charge in [-0.25, -0.2) is 4.39 Å². The third-order valence-electron chi connectivity index (χ3n) is 5.06. The Bertz CT molecular complexity index is 566. The van der Waals surface area contributed by atoms with Gasteiger partial charge in [-0.2, -0.15) is 11.8 Å². The number of halogens is 2. The maximum Gasteiger partial charge on any atom is 0.191 e. The highest BCUT2D eigenvalue weighted by molar-refractivity contribution is 14.0. The second-order valence-corrected chi connectivity index (χ2v) is 8.65. The predicted molar refractivity (Wildman–Crippen MR) is 112 cm³/mol. The third-order valence-corrected chi connectivity index (χ3v) is 6.60. The van der Waals surface area contributed by atoms with E-state index in [0.29, 0.717) is 4.75 Å². The van der Waals surface area contributed by atoms with Gasteiger partial charge in [0.05, 0.1) is 0 Å². The summed E-state index contributed by atoms with van der Waals surface area (Å²) in [6, 6.07) is 6.94. The fourth-order valence-corrected chi connectivity index (χ4v) is 4.49. The van der Waals surface area contributed by atoms with Crippen LogP contribution in [0.25, 0.3) is 0 Å². The average Bonchev–Trinajstić information content (AvgIpc) is 3.22. The molecule has 3 nitrogen and oxygen atoms in total. The molecule has 1 aliphatic carbocycles. The van der Waals surface area contributed by atoms with Gasteiger partial charge in [0.25, 0.3) is 0 Å². The Balaban J connectivity index is 0.00000208. The summed E-state index contributed by atoms with van der Waals surface area (Å²) in [5.41, 5.74) is 1.37. The van der Waals surface area contributed by atoms with Crippen LogP contribution in [0.3, 0.4) is 0 Å². The van der Waals surface area contributed by atoms with Gasteiger partial charge in [0, 0.05) is 30.3 Å². The van der Waals surface area contributed by atoms with Crippen molar-refractivity contribution in [2.75, 3.05) is 25.9 Å². The molecule has 1 saturated carbocycles. The monoisotopic (exact) mass is 463 g/mol. The van der Waals surface area contributed by atoms with E-state index in [9.17, 15) is 4.39 Å². The van der Waals surface area contributed by atoms with Crippen molar-refractivity contribution in [2.24, 2.45) is 4.99 Å². The van der Waals surface area contributed by atoms with E-state index in [-0.39, 0.29) is 35.2 Å². The maximum absolute atomic E-state index is 13.1. The number of hydrogen-bond acceptors (Lipinski definition) is 2. The van der Waals surface area contributed by atoms with E-state index < -0.39 is 0 Å². The van der Waals surface area contributed by atoms with Crippen LogP contribution in [0.1, 0.15) is 38.2 Å². The van der Waals surface area contributed by atoms with E-state index >= 15 is 0 Å². The van der Waals surface area contributed by atoms with Crippen LogP contribution in [0.5, 0.6) is 0 Å². The zero-order valence-electron chi connectivity index (χ0n) is 14.4. The SMILES string of the molecule is CN=C(NCC1(C)CCCS1)NCC1(c2ccc(F)cc2)CC1.I. The van der Waals surface area contributed by atoms with Crippen molar-refractivity contribution in [1.29, 1.82) is 0 Å². The largest absolute Gasteiger partial charge is 0.356 e. The van der Waals surface area contributed by atoms with Crippen molar-refractivity contribution in [2.45, 2.75) is 42.8 Å². The summed E-state index contributed by atoms with van der Waals surface area (Å²) in [7, 11) is 1.82. The minimum atomic E-state index is -0.169. The molecule has 0 aromatic heterocycles. The van der Waals surface area contributed by atoms with Crippen molar-refractivity contribution in [3.63, 3.8) is 0 Å². The Hall–Kier alpha value is -0.500. The van der Waals surface area contributed by atoms with Gasteiger partial charge in [0.1, 0.15) is 5.82 Å². The molecule has 0 radical (unpaired) electrons. The van der Waals surface area contributed by atoms with Gasteiger partial charge in [-0.05, 0) is 56.1 Å². The maximum atomic E-state index is 13.1. The topological polar surface area (TPSA) is 36.4 Å². The molecule has 1 saturated heterocycles. The summed E-state index contributed by atoms with van der Waals surface area (Å²) in [5, 5.41) is 6.93. The summed E-state index contributed by atoms with van der Waals surface area (Å²) in [5.74, 6) is 1.96. The highest BCUT2D eigenvalue weighted by atomic mass is 127. The van der Waals surface area contributed by atoms with Crippen molar-refractivity contribution in [1.82, 2.24) is 10.6 Å². The summed E-state index contributed by atoms with van der Waals surface area (Å²) >= 11 is 2.05. The minimum Gasteiger partial charge on any atom is -0.356 e. The summed E-state index contributed by atoms with van der Waals surface area (Å²) in [6.07, 6.45) is 4.87. The molecule has 0 bridgehead atoms. The number of nitrogens with zero attached hydrogens (tertiary/aromatic N) is 1. The van der Waals surface area contributed by atoms with E-state index in [4.69, 9.17) is 0 Å². The molecule has 0 amide bonds. The minimum absolute atomic E-state index is 0. The highest BCUT2D eigenvalue weighted by Crippen LogP contribution is 2.47. The molecule has 1 heterocycles. The zero-order valence-corrected chi connectivity index (χ0v) is 17.5. The lowest BCUT2D eigenvalue weighted by atomic mass is 9.96. The Kier molecular flexibility index (Phi) is 6.82. The van der Waals surface area contributed by atoms with Gasteiger partial charge < -0.3 is 10.6 Å². The smallest absolute Gasteiger partial charge is 0.191 e. The van der Waals surface area contributed by atoms with Crippen molar-refractivity contribution in [3.8, 4) is 0 Å². The first-order valence-corrected chi connectivity index (χ1v) is 9.38. The standard InChI is InChI=1S/C18H26FN3S.HI/c1-17(8-3-11-23-17)12-21-16(20-2)22-13-18(9-10-18)14-4-6-15(19)7-5-14;/h4-7H,3,8-13H2,1-2H3,(H2,20,21,22);1H. The Morgan fingerprint density at radius 1 is 1.17 bits per heavy atom. The Labute approximate surface area is 165 Å². The molecule has 2 N–H and O–H groups in total. The van der Waals surface area contributed by atoms with E-state index in [1.54, 1.807) is 12.1 Å². The van der Waals surface area contributed by atoms with Crippen LogP contribution in [0, 0.1) is 5.82 Å². The van der Waals surface area contributed by atoms with Crippen LogP contribution in [0.15, 0.2) is 29.3 Å². The van der Waals surface area contributed by atoms with Crippen LogP contribution < -0.4 is 10.6 Å². The fraction of sp³-hybridized carbons (Fsp3) is 0.611. The molecule has 1 aromatic rings. The van der Waals surface area contributed by atoms with Crippen LogP contribution in [0.4, 0.5) is 4.39 Å². The fourth-order valence-electron chi connectivity index (χ4n) is 3.24. The zero-order chi connectivity index (χ0) is 16.3. The normalized spacial score (nSPS) is 25.0. The molecule has 3 rings (SSSR count). The predicted octanol–water partition coefficient (Wildman–Crippen LogP) is 3.93. The number of nitrogens with one attached hydrogen (secondary N) is 2. The number of guanidine groups is 1. The van der Waals surface area contributed by atoms with E-state index in [1.807, 2.05) is 19.2 Å². The van der Waals surface area contributed by atoms with Crippen LogP contribution >= 0.6 is 35.7 Å². The number of hydrogen-bond donors (Lipinski definition) is 2. The third kappa shape index (κ3) is 4.77. The number of aliphatic imine (C=N–C) groups is 1. The molecular formula is C18H27FIN3S. The van der Waals surface area contributed by atoms with E-state index in [2.05, 4.69) is 34.3 Å². The van der Waals surface area contributed by atoms with Gasteiger partial charge in [0.2, 0.25) is 0 Å². The van der Waals surface area contributed by atoms with Crippen molar-refractivity contribution in [3.05, 3.63) is 35.6 Å².